The number of aromatic carboxylic acids is 1. The number of benzene rings is 1. The Balaban J connectivity index is -0.0000000364. The Bertz CT molecular complexity index is 298. The molecule has 0 spiro atoms. The number of carbonyl (C=O) groups excluding carboxylic acids is 2. The zero-order valence-corrected chi connectivity index (χ0v) is 13.3. The number of carbonyl (C=O) groups is 2. The Morgan fingerprint density at radius 3 is 1.39 bits per heavy atom. The fourth-order valence-corrected chi connectivity index (χ4v) is 0.574. The van der Waals surface area contributed by atoms with Crippen LogP contribution in [0.3, 0.4) is 0 Å². The molecule has 108 valence electrons. The number of rotatable bonds is 1. The van der Waals surface area contributed by atoms with Gasteiger partial charge >= 0.3 is 21.1 Å². The molecule has 0 saturated heterocycles. The summed E-state index contributed by atoms with van der Waals surface area (Å²) in [5, 5.41) is 19.0. The van der Waals surface area contributed by atoms with Crippen LogP contribution in [-0.2, 0) is 25.9 Å². The van der Waals surface area contributed by atoms with Gasteiger partial charge < -0.3 is 56.9 Å². The fraction of sp³-hybridized carbons (Fsp3) is 0.111. The summed E-state index contributed by atoms with van der Waals surface area (Å²) in [7, 11) is 0. The van der Waals surface area contributed by atoms with Gasteiger partial charge in [0.2, 0.25) is 0 Å². The molecule has 0 radical (unpaired) electrons. The maximum absolute atomic E-state index is 10.1. The summed E-state index contributed by atoms with van der Waals surface area (Å²) >= 11 is 0. The molecule has 6 nitrogen and oxygen atoms in total. The number of hydrogen-bond acceptors (Lipinski definition) is 6. The Hall–Kier alpha value is -0.652. The quantitative estimate of drug-likeness (QED) is 0.408. The Labute approximate surface area is 132 Å². The molecule has 0 fully saturated rings. The van der Waals surface area contributed by atoms with Crippen molar-refractivity contribution in [2.45, 2.75) is 6.92 Å². The molecule has 1 rings (SSSR count). The minimum Gasteiger partial charge on any atom is -1.00 e. The van der Waals surface area contributed by atoms with Gasteiger partial charge in [-0.2, -0.15) is 0 Å². The molecule has 0 saturated carbocycles. The zero-order chi connectivity index (χ0) is 10.3. The van der Waals surface area contributed by atoms with Crippen LogP contribution < -0.4 is 47.3 Å². The van der Waals surface area contributed by atoms with E-state index >= 15 is 0 Å². The van der Waals surface area contributed by atoms with Crippen molar-refractivity contribution in [1.29, 1.82) is 0 Å². The van der Waals surface area contributed by atoms with E-state index in [0.717, 1.165) is 6.92 Å². The van der Waals surface area contributed by atoms with Crippen molar-refractivity contribution >= 4 is 11.9 Å². The maximum Gasteiger partial charge on any atom is 4.00 e. The van der Waals surface area contributed by atoms with E-state index in [4.69, 9.17) is 9.90 Å². The van der Waals surface area contributed by atoms with E-state index in [0.29, 0.717) is 0 Å². The minimum atomic E-state index is -1.13. The van der Waals surface area contributed by atoms with E-state index in [1.165, 1.54) is 12.1 Å². The van der Waals surface area contributed by atoms with Gasteiger partial charge in [0.05, 0.1) is 5.97 Å². The first-order valence-electron chi connectivity index (χ1n) is 3.48. The number of carboxylic acid groups (broad SMARTS) is 2. The van der Waals surface area contributed by atoms with Gasteiger partial charge in [-0.3, -0.25) is 0 Å². The molecular formula is C9H14Cl2N2O4Pt. The van der Waals surface area contributed by atoms with E-state index in [1.807, 2.05) is 0 Å². The first kappa shape index (κ1) is 36.0. The second kappa shape index (κ2) is 21.6. The third kappa shape index (κ3) is 24.5. The molecule has 0 bridgehead atoms. The molecule has 0 aromatic heterocycles. The van der Waals surface area contributed by atoms with Gasteiger partial charge in [-0.1, -0.05) is 30.3 Å². The van der Waals surface area contributed by atoms with Gasteiger partial charge in [0.15, 0.2) is 0 Å². The Morgan fingerprint density at radius 1 is 0.944 bits per heavy atom. The average molecular weight is 480 g/mol. The predicted octanol–water partition coefficient (Wildman–Crippen LogP) is -6.86. The van der Waals surface area contributed by atoms with E-state index in [2.05, 4.69) is 0 Å². The first-order valence-corrected chi connectivity index (χ1v) is 3.48. The fourth-order valence-electron chi connectivity index (χ4n) is 0.574. The molecule has 0 aliphatic heterocycles. The molecule has 9 heteroatoms. The Morgan fingerprint density at radius 2 is 1.22 bits per heavy atom. The molecule has 1 aromatic carbocycles. The first-order chi connectivity index (χ1) is 6.04. The van der Waals surface area contributed by atoms with Crippen LogP contribution in [0.1, 0.15) is 17.3 Å². The summed E-state index contributed by atoms with van der Waals surface area (Å²) in [5.74, 6) is -2.21. The Kier molecular flexibility index (Phi) is 43.2. The zero-order valence-electron chi connectivity index (χ0n) is 9.51. The van der Waals surface area contributed by atoms with Crippen LogP contribution in [0.4, 0.5) is 0 Å². The molecule has 6 N–H and O–H groups in total. The van der Waals surface area contributed by atoms with Crippen molar-refractivity contribution < 1.29 is 65.7 Å². The minimum absolute atomic E-state index is 0. The number of aliphatic carboxylic acids is 1. The van der Waals surface area contributed by atoms with Crippen LogP contribution >= 0.6 is 0 Å². The number of hydrogen-bond donors (Lipinski definition) is 2. The van der Waals surface area contributed by atoms with E-state index in [9.17, 15) is 9.90 Å². The van der Waals surface area contributed by atoms with E-state index in [-0.39, 0.29) is 63.7 Å². The molecule has 18 heavy (non-hydrogen) atoms. The summed E-state index contributed by atoms with van der Waals surface area (Å²) in [4.78, 5) is 19.0. The third-order valence-electron chi connectivity index (χ3n) is 1.01. The summed E-state index contributed by atoms with van der Waals surface area (Å²) in [6.07, 6.45) is 0. The second-order valence-corrected chi connectivity index (χ2v) is 2.15. The van der Waals surface area contributed by atoms with Gasteiger partial charge in [0.1, 0.15) is 0 Å². The van der Waals surface area contributed by atoms with Crippen molar-refractivity contribution in [3.63, 3.8) is 0 Å². The van der Waals surface area contributed by atoms with Gasteiger partial charge in [-0.15, -0.1) is 0 Å². The number of carboxylic acids is 2. The van der Waals surface area contributed by atoms with Crippen LogP contribution in [0.15, 0.2) is 30.3 Å². The van der Waals surface area contributed by atoms with Crippen LogP contribution in [-0.4, -0.2) is 11.9 Å². The van der Waals surface area contributed by atoms with Gasteiger partial charge in [0.25, 0.3) is 0 Å². The van der Waals surface area contributed by atoms with Crippen molar-refractivity contribution in [2.75, 3.05) is 0 Å². The molecular weight excluding hydrogens is 466 g/mol. The monoisotopic (exact) mass is 479 g/mol. The summed E-state index contributed by atoms with van der Waals surface area (Å²) in [5.41, 5.74) is 0.220. The van der Waals surface area contributed by atoms with Gasteiger partial charge in [-0.25, -0.2) is 0 Å². The van der Waals surface area contributed by atoms with Crippen LogP contribution in [0.25, 0.3) is 0 Å². The molecule has 0 aliphatic rings. The van der Waals surface area contributed by atoms with E-state index < -0.39 is 11.9 Å². The number of halogens is 2. The van der Waals surface area contributed by atoms with Crippen molar-refractivity contribution in [3.8, 4) is 0 Å². The standard InChI is InChI=1S/C7H6O2.C2H4O2.2ClH.2H3N.Pt/c8-7(9)6-4-2-1-3-5-6;1-2(3)4;;;;;/h1-5H,(H,8,9);1H3,(H,3,4);2*1H;2*1H3;/q;;;;;;+4/p-4. The van der Waals surface area contributed by atoms with Crippen molar-refractivity contribution in [1.82, 2.24) is 12.3 Å². The summed E-state index contributed by atoms with van der Waals surface area (Å²) in [6, 6.07) is 8.06. The topological polar surface area (TPSA) is 150 Å². The van der Waals surface area contributed by atoms with Crippen molar-refractivity contribution in [2.24, 2.45) is 0 Å². The van der Waals surface area contributed by atoms with Gasteiger partial charge in [0, 0.05) is 5.97 Å². The van der Waals surface area contributed by atoms with Gasteiger partial charge in [-0.05, 0) is 12.5 Å². The molecule has 0 aliphatic carbocycles. The molecule has 0 amide bonds. The van der Waals surface area contributed by atoms with Crippen LogP contribution in [0.2, 0.25) is 0 Å². The summed E-state index contributed by atoms with van der Waals surface area (Å²) in [6.45, 7) is 0.972. The SMILES string of the molecule is CC(=O)[O-].N.N.O=C([O-])c1ccccc1.[Cl-].[Cl-].[Pt+4]. The third-order valence-corrected chi connectivity index (χ3v) is 1.01. The average Bonchev–Trinajstić information content (AvgIpc) is 2.05. The molecule has 0 unspecified atom stereocenters. The molecule has 0 heterocycles. The smallest absolute Gasteiger partial charge is 1.00 e. The maximum atomic E-state index is 10.1. The van der Waals surface area contributed by atoms with Crippen LogP contribution in [0.5, 0.6) is 0 Å². The largest absolute Gasteiger partial charge is 4.00 e. The van der Waals surface area contributed by atoms with Crippen LogP contribution in [0, 0.1) is 0 Å². The molecule has 0 atom stereocenters. The second-order valence-electron chi connectivity index (χ2n) is 2.15. The molecule has 1 aromatic rings. The predicted molar refractivity (Wildman–Crippen MR) is 51.5 cm³/mol. The normalized spacial score (nSPS) is 5.83. The summed E-state index contributed by atoms with van der Waals surface area (Å²) < 4.78 is 0. The van der Waals surface area contributed by atoms with E-state index in [1.54, 1.807) is 18.2 Å². The van der Waals surface area contributed by atoms with Crippen molar-refractivity contribution in [3.05, 3.63) is 35.9 Å².